The van der Waals surface area contributed by atoms with Gasteiger partial charge in [0, 0.05) is 55.6 Å². The van der Waals surface area contributed by atoms with E-state index in [2.05, 4.69) is 42.8 Å². The summed E-state index contributed by atoms with van der Waals surface area (Å²) in [6.45, 7) is 4.17. The Kier molecular flexibility index (Phi) is 10.9. The van der Waals surface area contributed by atoms with Gasteiger partial charge in [0.05, 0.1) is 17.1 Å². The maximum absolute atomic E-state index is 13.5. The summed E-state index contributed by atoms with van der Waals surface area (Å²) in [7, 11) is 2.08. The van der Waals surface area contributed by atoms with Gasteiger partial charge in [-0.15, -0.1) is 0 Å². The van der Waals surface area contributed by atoms with Crippen LogP contribution in [0.15, 0.2) is 79.1 Å². The van der Waals surface area contributed by atoms with Crippen molar-refractivity contribution in [2.45, 2.75) is 6.61 Å². The van der Waals surface area contributed by atoms with Crippen molar-refractivity contribution in [1.29, 1.82) is 0 Å². The molecular formula is C33H33ClFN7O4. The number of nitrogens with one attached hydrogen (secondary N) is 3. The van der Waals surface area contributed by atoms with E-state index in [1.54, 1.807) is 54.6 Å². The summed E-state index contributed by atoms with van der Waals surface area (Å²) in [5, 5.41) is 9.14. The number of ether oxygens (including phenoxy) is 1. The Bertz CT molecular complexity index is 1760. The SMILES string of the molecule is CN1CCN(C/C=C/C(=O)NCC(=O)C(=O)Nc2ccc3ncnc(Nc4ccc(OCc5cccc(F)c5)c(Cl)c4)c3c2)CC1. The third-order valence-corrected chi connectivity index (χ3v) is 7.57. The Morgan fingerprint density at radius 2 is 1.80 bits per heavy atom. The molecule has 1 saturated heterocycles. The normalized spacial score (nSPS) is 13.9. The number of aromatic nitrogens is 2. The number of anilines is 3. The first-order valence-electron chi connectivity index (χ1n) is 14.6. The van der Waals surface area contributed by atoms with E-state index in [9.17, 15) is 18.8 Å². The number of halogens is 2. The van der Waals surface area contributed by atoms with Gasteiger partial charge >= 0.3 is 0 Å². The quantitative estimate of drug-likeness (QED) is 0.154. The molecule has 0 saturated carbocycles. The molecule has 5 rings (SSSR count). The number of nitrogens with zero attached hydrogens (tertiary/aromatic N) is 4. The molecule has 0 unspecified atom stereocenters. The van der Waals surface area contributed by atoms with Crippen molar-refractivity contribution in [1.82, 2.24) is 25.1 Å². The lowest BCUT2D eigenvalue weighted by Gasteiger charge is -2.31. The molecule has 1 aliphatic heterocycles. The highest BCUT2D eigenvalue weighted by Gasteiger charge is 2.16. The molecule has 0 radical (unpaired) electrons. The molecule has 11 nitrogen and oxygen atoms in total. The van der Waals surface area contributed by atoms with E-state index in [-0.39, 0.29) is 12.4 Å². The molecule has 0 bridgehead atoms. The number of hydrogen-bond acceptors (Lipinski definition) is 9. The monoisotopic (exact) mass is 645 g/mol. The summed E-state index contributed by atoms with van der Waals surface area (Å²) < 4.78 is 19.2. The standard InChI is InChI=1S/C33H33ClFN7O4/c1-41-12-14-42(15-13-41)11-3-6-31(44)36-19-29(43)33(45)40-24-7-9-28-26(17-24)32(38-21-37-28)39-25-8-10-30(27(34)18-25)46-20-22-4-2-5-23(35)16-22/h2-10,16-18,21H,11-15,19-20H2,1H3,(H,36,44)(H,40,45)(H,37,38,39)/b6-3+. The van der Waals surface area contributed by atoms with Crippen LogP contribution in [0.5, 0.6) is 5.75 Å². The Labute approximate surface area is 270 Å². The van der Waals surface area contributed by atoms with E-state index in [1.165, 1.54) is 24.5 Å². The van der Waals surface area contributed by atoms with Crippen LogP contribution in [0.3, 0.4) is 0 Å². The number of benzene rings is 3. The molecule has 1 aliphatic rings. The minimum Gasteiger partial charge on any atom is -0.487 e. The topological polar surface area (TPSA) is 129 Å². The Balaban J connectivity index is 1.15. The summed E-state index contributed by atoms with van der Waals surface area (Å²) in [6, 6.07) is 16.2. The van der Waals surface area contributed by atoms with E-state index in [4.69, 9.17) is 16.3 Å². The minimum atomic E-state index is -0.868. The van der Waals surface area contributed by atoms with Crippen LogP contribution in [0.1, 0.15) is 5.56 Å². The Morgan fingerprint density at radius 3 is 2.59 bits per heavy atom. The lowest BCUT2D eigenvalue weighted by Crippen LogP contribution is -2.44. The second kappa shape index (κ2) is 15.4. The molecule has 13 heteroatoms. The van der Waals surface area contributed by atoms with Gasteiger partial charge in [0.2, 0.25) is 11.7 Å². The maximum Gasteiger partial charge on any atom is 0.293 e. The average molecular weight is 646 g/mol. The van der Waals surface area contributed by atoms with E-state index in [1.807, 2.05) is 0 Å². The van der Waals surface area contributed by atoms with Crippen molar-refractivity contribution < 1.29 is 23.5 Å². The van der Waals surface area contributed by atoms with Gasteiger partial charge < -0.3 is 25.6 Å². The van der Waals surface area contributed by atoms with E-state index in [0.29, 0.717) is 51.0 Å². The van der Waals surface area contributed by atoms with Crippen molar-refractivity contribution in [3.8, 4) is 5.75 Å². The Morgan fingerprint density at radius 1 is 1.00 bits per heavy atom. The summed E-state index contributed by atoms with van der Waals surface area (Å²) >= 11 is 6.45. The van der Waals surface area contributed by atoms with Crippen molar-refractivity contribution in [3.05, 3.63) is 95.5 Å². The van der Waals surface area contributed by atoms with Crippen LogP contribution in [0.2, 0.25) is 5.02 Å². The van der Waals surface area contributed by atoms with Gasteiger partial charge in [-0.1, -0.05) is 29.8 Å². The lowest BCUT2D eigenvalue weighted by molar-refractivity contribution is -0.134. The summed E-state index contributed by atoms with van der Waals surface area (Å²) in [5.74, 6) is -1.59. The number of amides is 2. The smallest absolute Gasteiger partial charge is 0.293 e. The number of rotatable bonds is 12. The van der Waals surface area contributed by atoms with Crippen LogP contribution in [0, 0.1) is 5.82 Å². The van der Waals surface area contributed by atoms with Gasteiger partial charge in [-0.2, -0.15) is 0 Å². The fourth-order valence-electron chi connectivity index (χ4n) is 4.70. The molecule has 46 heavy (non-hydrogen) atoms. The van der Waals surface area contributed by atoms with Crippen LogP contribution in [0.25, 0.3) is 10.9 Å². The molecule has 2 heterocycles. The molecule has 1 fully saturated rings. The molecular weight excluding hydrogens is 613 g/mol. The number of piperazine rings is 1. The first kappa shape index (κ1) is 32.5. The summed E-state index contributed by atoms with van der Waals surface area (Å²) in [5.41, 5.74) is 2.23. The highest BCUT2D eigenvalue weighted by Crippen LogP contribution is 2.31. The molecule has 4 aromatic rings. The highest BCUT2D eigenvalue weighted by molar-refractivity contribution is 6.41. The first-order chi connectivity index (χ1) is 22.2. The molecule has 3 aromatic carbocycles. The van der Waals surface area contributed by atoms with Gasteiger partial charge in [-0.3, -0.25) is 19.3 Å². The predicted molar refractivity (Wildman–Crippen MR) is 175 cm³/mol. The number of carbonyl (C=O) groups excluding carboxylic acids is 3. The average Bonchev–Trinajstić information content (AvgIpc) is 3.04. The van der Waals surface area contributed by atoms with Crippen LogP contribution in [-0.2, 0) is 21.0 Å². The van der Waals surface area contributed by atoms with Gasteiger partial charge in [0.15, 0.2) is 0 Å². The number of Topliss-reactive ketones (excluding diaryl/α,β-unsaturated/α-hetero) is 1. The van der Waals surface area contributed by atoms with Crippen LogP contribution < -0.4 is 20.7 Å². The highest BCUT2D eigenvalue weighted by atomic mass is 35.5. The Hall–Kier alpha value is -4.91. The summed E-state index contributed by atoms with van der Waals surface area (Å²) in [4.78, 5) is 50.2. The van der Waals surface area contributed by atoms with Crippen LogP contribution in [0.4, 0.5) is 21.6 Å². The number of ketones is 1. The molecule has 0 aliphatic carbocycles. The van der Waals surface area contributed by atoms with Gasteiger partial charge in [-0.25, -0.2) is 14.4 Å². The van der Waals surface area contributed by atoms with Crippen LogP contribution >= 0.6 is 11.6 Å². The number of hydrogen-bond donors (Lipinski definition) is 3. The van der Waals surface area contributed by atoms with Gasteiger partial charge in [-0.05, 0) is 61.1 Å². The minimum absolute atomic E-state index is 0.151. The molecule has 0 atom stereocenters. The second-order valence-electron chi connectivity index (χ2n) is 10.7. The predicted octanol–water partition coefficient (Wildman–Crippen LogP) is 4.17. The van der Waals surface area contributed by atoms with E-state index >= 15 is 0 Å². The molecule has 238 valence electrons. The number of likely N-dealkylation sites (N-methyl/N-ethyl adjacent to an activating group) is 1. The second-order valence-corrected chi connectivity index (χ2v) is 11.2. The zero-order chi connectivity index (χ0) is 32.5. The zero-order valence-electron chi connectivity index (χ0n) is 25.1. The molecule has 1 aromatic heterocycles. The van der Waals surface area contributed by atoms with E-state index in [0.717, 1.165) is 26.2 Å². The van der Waals surface area contributed by atoms with Gasteiger partial charge in [0.25, 0.3) is 5.91 Å². The van der Waals surface area contributed by atoms with Crippen LogP contribution in [-0.4, -0.2) is 83.7 Å². The summed E-state index contributed by atoms with van der Waals surface area (Å²) in [6.07, 6.45) is 4.52. The number of carbonyl (C=O) groups is 3. The third kappa shape index (κ3) is 9.07. The zero-order valence-corrected chi connectivity index (χ0v) is 25.9. The molecule has 3 N–H and O–H groups in total. The van der Waals surface area contributed by atoms with Crippen molar-refractivity contribution in [2.75, 3.05) is 56.9 Å². The first-order valence-corrected chi connectivity index (χ1v) is 15.0. The van der Waals surface area contributed by atoms with Crippen molar-refractivity contribution in [3.63, 3.8) is 0 Å². The fraction of sp³-hybridized carbons (Fsp3) is 0.242. The van der Waals surface area contributed by atoms with Gasteiger partial charge in [0.1, 0.15) is 30.3 Å². The molecule has 2 amide bonds. The lowest BCUT2D eigenvalue weighted by atomic mass is 10.2. The maximum atomic E-state index is 13.5. The number of fused-ring (bicyclic) bond motifs is 1. The van der Waals surface area contributed by atoms with Crippen molar-refractivity contribution in [2.24, 2.45) is 0 Å². The fourth-order valence-corrected chi connectivity index (χ4v) is 4.94. The third-order valence-electron chi connectivity index (χ3n) is 7.28. The van der Waals surface area contributed by atoms with Crippen molar-refractivity contribution >= 4 is 57.3 Å². The molecule has 0 spiro atoms. The largest absolute Gasteiger partial charge is 0.487 e. The van der Waals surface area contributed by atoms with E-state index < -0.39 is 24.1 Å².